The third-order valence-corrected chi connectivity index (χ3v) is 7.15. The lowest BCUT2D eigenvalue weighted by Crippen LogP contribution is -2.38. The molecule has 2 aromatic carbocycles. The number of alkyl halides is 3. The van der Waals surface area contributed by atoms with E-state index in [4.69, 9.17) is 49.4 Å². The van der Waals surface area contributed by atoms with Gasteiger partial charge in [-0.05, 0) is 16.7 Å². The molecule has 186 valence electrons. The van der Waals surface area contributed by atoms with Crippen LogP contribution in [-0.4, -0.2) is 44.1 Å². The molecular formula is C24H28Cl3NO5S. The molecule has 2 aromatic rings. The number of halogens is 3. The van der Waals surface area contributed by atoms with Gasteiger partial charge in [-0.1, -0.05) is 90.3 Å². The van der Waals surface area contributed by atoms with Crippen LogP contribution < -0.4 is 5.32 Å². The highest BCUT2D eigenvalue weighted by molar-refractivity contribution is 7.99. The average molecular weight is 549 g/mol. The molecule has 0 bridgehead atoms. The van der Waals surface area contributed by atoms with Crippen LogP contribution in [0.5, 0.6) is 0 Å². The molecule has 0 saturated carbocycles. The second kappa shape index (κ2) is 12.8. The minimum atomic E-state index is -2.01. The first-order valence-electron chi connectivity index (χ1n) is 10.9. The number of benzene rings is 2. The molecule has 0 aliphatic carbocycles. The zero-order valence-electron chi connectivity index (χ0n) is 18.6. The van der Waals surface area contributed by atoms with E-state index in [-0.39, 0.29) is 37.9 Å². The maximum atomic E-state index is 11.8. The summed E-state index contributed by atoms with van der Waals surface area (Å²) in [5, 5.41) is 21.1. The number of carbonyl (C=O) groups excluding carboxylic acids is 1. The van der Waals surface area contributed by atoms with Crippen LogP contribution >= 0.6 is 46.6 Å². The fourth-order valence-corrected chi connectivity index (χ4v) is 4.76. The number of ether oxygens (including phenoxy) is 2. The van der Waals surface area contributed by atoms with Gasteiger partial charge in [0.1, 0.15) is 0 Å². The van der Waals surface area contributed by atoms with Crippen molar-refractivity contribution in [2.45, 2.75) is 42.4 Å². The normalized spacial score (nSPS) is 23.0. The van der Waals surface area contributed by atoms with Gasteiger partial charge in [0.15, 0.2) is 6.29 Å². The zero-order valence-corrected chi connectivity index (χ0v) is 21.7. The largest absolute Gasteiger partial charge is 0.396 e. The minimum Gasteiger partial charge on any atom is -0.396 e. The third kappa shape index (κ3) is 7.48. The van der Waals surface area contributed by atoms with E-state index >= 15 is 0 Å². The number of nitrogens with one attached hydrogen (secondary N) is 1. The Kier molecular flexibility index (Phi) is 10.4. The molecule has 34 heavy (non-hydrogen) atoms. The predicted octanol–water partition coefficient (Wildman–Crippen LogP) is 4.68. The van der Waals surface area contributed by atoms with E-state index in [1.165, 1.54) is 0 Å². The molecule has 6 nitrogen and oxygen atoms in total. The Balaban J connectivity index is 1.75. The molecule has 1 aliphatic heterocycles. The second-order valence-electron chi connectivity index (χ2n) is 8.04. The van der Waals surface area contributed by atoms with Gasteiger partial charge in [0.2, 0.25) is 0 Å². The number of amides is 1. The van der Waals surface area contributed by atoms with Crippen LogP contribution in [0.25, 0.3) is 0 Å². The average Bonchev–Trinajstić information content (AvgIpc) is 2.83. The molecule has 4 atom stereocenters. The van der Waals surface area contributed by atoms with Crippen molar-refractivity contribution < 1.29 is 24.5 Å². The maximum absolute atomic E-state index is 11.8. The Morgan fingerprint density at radius 1 is 1.00 bits per heavy atom. The van der Waals surface area contributed by atoms with Gasteiger partial charge in [0.25, 0.3) is 9.70 Å². The Labute approximate surface area is 218 Å². The van der Waals surface area contributed by atoms with Crippen LogP contribution in [0.1, 0.15) is 41.6 Å². The van der Waals surface area contributed by atoms with Gasteiger partial charge in [0, 0.05) is 29.5 Å². The Bertz CT molecular complexity index is 924. The van der Waals surface area contributed by atoms with Crippen molar-refractivity contribution in [2.75, 3.05) is 18.1 Å². The number of hydrogen-bond acceptors (Lipinski definition) is 6. The van der Waals surface area contributed by atoms with Crippen molar-refractivity contribution in [3.8, 4) is 0 Å². The van der Waals surface area contributed by atoms with E-state index in [0.717, 1.165) is 28.0 Å². The second-order valence-corrected chi connectivity index (χ2v) is 11.5. The number of aliphatic hydroxyl groups excluding tert-OH is 2. The molecule has 1 fully saturated rings. The first kappa shape index (κ1) is 27.6. The molecule has 1 amide bonds. The van der Waals surface area contributed by atoms with Crippen LogP contribution in [0, 0.1) is 5.92 Å². The van der Waals surface area contributed by atoms with E-state index in [9.17, 15) is 9.90 Å². The van der Waals surface area contributed by atoms with E-state index in [0.29, 0.717) is 5.75 Å². The van der Waals surface area contributed by atoms with Gasteiger partial charge in [-0.25, -0.2) is 0 Å². The monoisotopic (exact) mass is 547 g/mol. The van der Waals surface area contributed by atoms with Gasteiger partial charge >= 0.3 is 0 Å². The zero-order chi connectivity index (χ0) is 24.7. The topological polar surface area (TPSA) is 88.0 Å². The number of thioether (sulfide) groups is 1. The van der Waals surface area contributed by atoms with E-state index in [1.54, 1.807) is 11.8 Å². The van der Waals surface area contributed by atoms with Gasteiger partial charge in [-0.2, -0.15) is 11.8 Å². The summed E-state index contributed by atoms with van der Waals surface area (Å²) in [7, 11) is 0. The van der Waals surface area contributed by atoms with Crippen LogP contribution in [0.4, 0.5) is 0 Å². The van der Waals surface area contributed by atoms with Crippen molar-refractivity contribution in [2.24, 2.45) is 5.92 Å². The molecule has 0 radical (unpaired) electrons. The molecule has 3 N–H and O–H groups in total. The minimum absolute atomic E-state index is 0.0119. The van der Waals surface area contributed by atoms with Crippen LogP contribution in [0.15, 0.2) is 48.5 Å². The standard InChI is InChI=1S/C24H28Cl3NO5S/c1-15-20(14-34-11-10-29)32-22(33-21(15)18-6-4-17(13-30)5-7-18)19-8-2-16(3-9-19)12-28-23(31)24(25,26)27/h2-9,15,20-22,29-30H,10-14H2,1H3,(H,28,31). The van der Waals surface area contributed by atoms with Crippen molar-refractivity contribution in [1.82, 2.24) is 5.32 Å². The highest BCUT2D eigenvalue weighted by Crippen LogP contribution is 2.42. The fraction of sp³-hybridized carbons (Fsp3) is 0.458. The number of hydrogen-bond donors (Lipinski definition) is 3. The highest BCUT2D eigenvalue weighted by atomic mass is 35.6. The quantitative estimate of drug-likeness (QED) is 0.311. The van der Waals surface area contributed by atoms with Crippen molar-refractivity contribution in [1.29, 1.82) is 0 Å². The molecule has 1 aliphatic rings. The molecule has 3 rings (SSSR count). The maximum Gasteiger partial charge on any atom is 0.272 e. The summed E-state index contributed by atoms with van der Waals surface area (Å²) < 4.78 is 10.7. The Morgan fingerprint density at radius 3 is 2.21 bits per heavy atom. The number of carbonyl (C=O) groups is 1. The smallest absolute Gasteiger partial charge is 0.272 e. The first-order valence-corrected chi connectivity index (χ1v) is 13.1. The Morgan fingerprint density at radius 2 is 1.62 bits per heavy atom. The first-order chi connectivity index (χ1) is 16.2. The van der Waals surface area contributed by atoms with Crippen LogP contribution in [-0.2, 0) is 27.4 Å². The van der Waals surface area contributed by atoms with E-state index in [2.05, 4.69) is 12.2 Å². The lowest BCUT2D eigenvalue weighted by molar-refractivity contribution is -0.268. The third-order valence-electron chi connectivity index (χ3n) is 5.60. The molecule has 10 heteroatoms. The summed E-state index contributed by atoms with van der Waals surface area (Å²) in [4.78, 5) is 11.8. The SMILES string of the molecule is CC1C(CSCCO)OC(c2ccc(CNC(=O)C(Cl)(Cl)Cl)cc2)OC1c1ccc(CO)cc1. The van der Waals surface area contributed by atoms with Gasteiger partial charge in [-0.15, -0.1) is 0 Å². The van der Waals surface area contributed by atoms with Gasteiger partial charge < -0.3 is 25.0 Å². The van der Waals surface area contributed by atoms with Crippen molar-refractivity contribution in [3.05, 3.63) is 70.8 Å². The van der Waals surface area contributed by atoms with E-state index < -0.39 is 16.0 Å². The highest BCUT2D eigenvalue weighted by Gasteiger charge is 2.38. The molecule has 4 unspecified atom stereocenters. The number of rotatable bonds is 9. The Hall–Kier alpha value is -1.03. The summed E-state index contributed by atoms with van der Waals surface area (Å²) in [6, 6.07) is 15.2. The lowest BCUT2D eigenvalue weighted by Gasteiger charge is -2.41. The lowest BCUT2D eigenvalue weighted by atomic mass is 9.91. The van der Waals surface area contributed by atoms with E-state index in [1.807, 2.05) is 48.5 Å². The molecule has 0 spiro atoms. The predicted molar refractivity (Wildman–Crippen MR) is 136 cm³/mol. The molecule has 1 heterocycles. The number of aliphatic hydroxyl groups is 2. The van der Waals surface area contributed by atoms with Gasteiger partial charge in [-0.3, -0.25) is 4.79 Å². The summed E-state index contributed by atoms with van der Waals surface area (Å²) in [6.45, 7) is 2.42. The van der Waals surface area contributed by atoms with Crippen LogP contribution in [0.2, 0.25) is 0 Å². The summed E-state index contributed by atoms with van der Waals surface area (Å²) in [5.41, 5.74) is 3.54. The van der Waals surface area contributed by atoms with Gasteiger partial charge in [0.05, 0.1) is 25.4 Å². The molecular weight excluding hydrogens is 521 g/mol. The van der Waals surface area contributed by atoms with Crippen LogP contribution in [0.3, 0.4) is 0 Å². The fourth-order valence-electron chi connectivity index (χ4n) is 3.65. The summed E-state index contributed by atoms with van der Waals surface area (Å²) >= 11 is 18.4. The molecule has 0 aromatic heterocycles. The van der Waals surface area contributed by atoms with Crippen molar-refractivity contribution in [3.63, 3.8) is 0 Å². The summed E-state index contributed by atoms with van der Waals surface area (Å²) in [6.07, 6.45) is -0.862. The molecule has 1 saturated heterocycles. The summed E-state index contributed by atoms with van der Waals surface area (Å²) in [5.74, 6) is 0.767. The van der Waals surface area contributed by atoms with Crippen molar-refractivity contribution >= 4 is 52.5 Å².